The third kappa shape index (κ3) is 3.32. The number of hydrogen-bond donors (Lipinski definition) is 1. The van der Waals surface area contributed by atoms with Crippen molar-refractivity contribution in [2.75, 3.05) is 5.32 Å². The van der Waals surface area contributed by atoms with Gasteiger partial charge in [-0.2, -0.15) is 0 Å². The molecule has 23 heavy (non-hydrogen) atoms. The van der Waals surface area contributed by atoms with Gasteiger partial charge in [0.25, 0.3) is 5.56 Å². The number of rotatable bonds is 3. The van der Waals surface area contributed by atoms with E-state index in [1.807, 2.05) is 0 Å². The van der Waals surface area contributed by atoms with Crippen LogP contribution in [0.3, 0.4) is 0 Å². The van der Waals surface area contributed by atoms with Gasteiger partial charge in [-0.05, 0) is 30.3 Å². The van der Waals surface area contributed by atoms with Gasteiger partial charge in [-0.15, -0.1) is 0 Å². The summed E-state index contributed by atoms with van der Waals surface area (Å²) < 4.78 is 1.50. The zero-order valence-electron chi connectivity index (χ0n) is 12.4. The highest BCUT2D eigenvalue weighted by Crippen LogP contribution is 2.17. The number of hydrogen-bond acceptors (Lipinski definition) is 4. The fourth-order valence-electron chi connectivity index (χ4n) is 2.21. The van der Waals surface area contributed by atoms with Crippen LogP contribution in [0.2, 0.25) is 0 Å². The summed E-state index contributed by atoms with van der Waals surface area (Å²) in [6.07, 6.45) is 4.98. The second-order valence-corrected chi connectivity index (χ2v) is 4.93. The molecule has 0 spiro atoms. The van der Waals surface area contributed by atoms with Crippen LogP contribution in [0.5, 0.6) is 0 Å². The third-order valence-electron chi connectivity index (χ3n) is 3.18. The predicted octanol–water partition coefficient (Wildman–Crippen LogP) is 2.25. The predicted molar refractivity (Wildman–Crippen MR) is 87.4 cm³/mol. The van der Waals surface area contributed by atoms with E-state index in [0.717, 1.165) is 5.56 Å². The molecule has 3 rings (SSSR count). The Balaban J connectivity index is 2.06. The first kappa shape index (κ1) is 14.6. The second-order valence-electron chi connectivity index (χ2n) is 4.93. The summed E-state index contributed by atoms with van der Waals surface area (Å²) in [5.41, 5.74) is 1.84. The van der Waals surface area contributed by atoms with Crippen LogP contribution in [0, 0.1) is 0 Å². The van der Waals surface area contributed by atoms with E-state index in [9.17, 15) is 9.59 Å². The first-order chi connectivity index (χ1) is 11.1. The Hall–Kier alpha value is -3.28. The van der Waals surface area contributed by atoms with E-state index < -0.39 is 0 Å². The molecule has 2 aromatic heterocycles. The molecule has 0 saturated carbocycles. The molecule has 0 bridgehead atoms. The minimum absolute atomic E-state index is 0.166. The van der Waals surface area contributed by atoms with Crippen molar-refractivity contribution in [3.8, 4) is 17.1 Å². The fourth-order valence-corrected chi connectivity index (χ4v) is 2.21. The highest BCUT2D eigenvalue weighted by atomic mass is 16.1. The van der Waals surface area contributed by atoms with Gasteiger partial charge in [0.2, 0.25) is 5.91 Å². The number of amides is 1. The van der Waals surface area contributed by atoms with Crippen molar-refractivity contribution in [2.45, 2.75) is 6.92 Å². The van der Waals surface area contributed by atoms with Crippen molar-refractivity contribution in [2.24, 2.45) is 0 Å². The van der Waals surface area contributed by atoms with Crippen LogP contribution < -0.4 is 10.9 Å². The lowest BCUT2D eigenvalue weighted by Crippen LogP contribution is -2.17. The van der Waals surface area contributed by atoms with E-state index in [1.54, 1.807) is 55.0 Å². The van der Waals surface area contributed by atoms with Gasteiger partial charge in [0.1, 0.15) is 0 Å². The smallest absolute Gasteiger partial charge is 0.255 e. The molecule has 6 nitrogen and oxygen atoms in total. The van der Waals surface area contributed by atoms with Crippen molar-refractivity contribution < 1.29 is 4.79 Å². The molecule has 6 heteroatoms. The summed E-state index contributed by atoms with van der Waals surface area (Å²) in [5.74, 6) is 0.375. The molecular weight excluding hydrogens is 292 g/mol. The molecular formula is C17H14N4O2. The van der Waals surface area contributed by atoms with Gasteiger partial charge in [0, 0.05) is 42.8 Å². The number of benzene rings is 1. The van der Waals surface area contributed by atoms with Crippen molar-refractivity contribution in [1.29, 1.82) is 0 Å². The SMILES string of the molecule is CC(=O)Nc1cccc(-n2cc(-c3ncccn3)ccc2=O)c1. The lowest BCUT2D eigenvalue weighted by molar-refractivity contribution is -0.114. The Kier molecular flexibility index (Phi) is 3.97. The molecule has 1 N–H and O–H groups in total. The molecule has 0 saturated heterocycles. The number of nitrogens with one attached hydrogen (secondary N) is 1. The van der Waals surface area contributed by atoms with E-state index in [-0.39, 0.29) is 11.5 Å². The van der Waals surface area contributed by atoms with Gasteiger partial charge in [-0.3, -0.25) is 14.2 Å². The van der Waals surface area contributed by atoms with Crippen molar-refractivity contribution in [3.63, 3.8) is 0 Å². The topological polar surface area (TPSA) is 76.9 Å². The number of anilines is 1. The van der Waals surface area contributed by atoms with Crippen LogP contribution in [-0.2, 0) is 4.79 Å². The maximum absolute atomic E-state index is 12.2. The van der Waals surface area contributed by atoms with Crippen LogP contribution in [0.4, 0.5) is 5.69 Å². The summed E-state index contributed by atoms with van der Waals surface area (Å²) in [4.78, 5) is 31.7. The molecule has 1 amide bonds. The van der Waals surface area contributed by atoms with Crippen molar-refractivity contribution in [3.05, 3.63) is 71.4 Å². The monoisotopic (exact) mass is 306 g/mol. The summed E-state index contributed by atoms with van der Waals surface area (Å²) >= 11 is 0. The second kappa shape index (κ2) is 6.23. The zero-order chi connectivity index (χ0) is 16.2. The molecule has 3 aromatic rings. The molecule has 114 valence electrons. The van der Waals surface area contributed by atoms with Gasteiger partial charge >= 0.3 is 0 Å². The molecule has 0 aliphatic heterocycles. The molecule has 0 unspecified atom stereocenters. The highest BCUT2D eigenvalue weighted by Gasteiger charge is 2.06. The van der Waals surface area contributed by atoms with E-state index in [0.29, 0.717) is 17.2 Å². The van der Waals surface area contributed by atoms with Crippen LogP contribution in [0.25, 0.3) is 17.1 Å². The summed E-state index contributed by atoms with van der Waals surface area (Å²) in [7, 11) is 0. The number of carbonyl (C=O) groups is 1. The Morgan fingerprint density at radius 3 is 2.61 bits per heavy atom. The molecule has 2 heterocycles. The maximum Gasteiger partial charge on any atom is 0.255 e. The Bertz CT molecular complexity index is 904. The van der Waals surface area contributed by atoms with E-state index in [1.165, 1.54) is 17.6 Å². The minimum atomic E-state index is -0.176. The van der Waals surface area contributed by atoms with Crippen LogP contribution >= 0.6 is 0 Å². The highest BCUT2D eigenvalue weighted by molar-refractivity contribution is 5.88. The average Bonchev–Trinajstić information content (AvgIpc) is 2.56. The molecule has 0 radical (unpaired) electrons. The average molecular weight is 306 g/mol. The molecule has 0 atom stereocenters. The first-order valence-electron chi connectivity index (χ1n) is 7.01. The largest absolute Gasteiger partial charge is 0.326 e. The van der Waals surface area contributed by atoms with Gasteiger partial charge in [-0.25, -0.2) is 9.97 Å². The van der Waals surface area contributed by atoms with Gasteiger partial charge in [-0.1, -0.05) is 6.07 Å². The maximum atomic E-state index is 12.2. The quantitative estimate of drug-likeness (QED) is 0.805. The van der Waals surface area contributed by atoms with Crippen LogP contribution in [0.15, 0.2) is 65.8 Å². The van der Waals surface area contributed by atoms with Crippen molar-refractivity contribution >= 4 is 11.6 Å². The van der Waals surface area contributed by atoms with Gasteiger partial charge in [0.05, 0.1) is 5.69 Å². The lowest BCUT2D eigenvalue weighted by atomic mass is 10.2. The van der Waals surface area contributed by atoms with E-state index in [4.69, 9.17) is 0 Å². The molecule has 1 aromatic carbocycles. The number of pyridine rings is 1. The van der Waals surface area contributed by atoms with Crippen LogP contribution in [0.1, 0.15) is 6.92 Å². The summed E-state index contributed by atoms with van der Waals surface area (Å²) in [6, 6.07) is 12.0. The van der Waals surface area contributed by atoms with Gasteiger partial charge in [0.15, 0.2) is 5.82 Å². The zero-order valence-corrected chi connectivity index (χ0v) is 12.4. The molecule has 0 fully saturated rings. The standard InChI is InChI=1S/C17H14N4O2/c1-12(22)20-14-4-2-5-15(10-14)21-11-13(6-7-16(21)23)17-18-8-3-9-19-17/h2-11H,1H3,(H,20,22). The summed E-state index contributed by atoms with van der Waals surface area (Å²) in [5, 5.41) is 2.70. The number of nitrogens with zero attached hydrogens (tertiary/aromatic N) is 3. The number of aromatic nitrogens is 3. The van der Waals surface area contributed by atoms with E-state index in [2.05, 4.69) is 15.3 Å². The third-order valence-corrected chi connectivity index (χ3v) is 3.18. The fraction of sp³-hybridized carbons (Fsp3) is 0.0588. The Labute approximate surface area is 132 Å². The van der Waals surface area contributed by atoms with E-state index >= 15 is 0 Å². The van der Waals surface area contributed by atoms with Crippen molar-refractivity contribution in [1.82, 2.24) is 14.5 Å². The molecule has 0 aliphatic rings. The Morgan fingerprint density at radius 2 is 1.87 bits per heavy atom. The number of carbonyl (C=O) groups excluding carboxylic acids is 1. The van der Waals surface area contributed by atoms with Crippen LogP contribution in [-0.4, -0.2) is 20.4 Å². The molecule has 0 aliphatic carbocycles. The minimum Gasteiger partial charge on any atom is -0.326 e. The Morgan fingerprint density at radius 1 is 1.09 bits per heavy atom. The van der Waals surface area contributed by atoms with Gasteiger partial charge < -0.3 is 5.32 Å². The normalized spacial score (nSPS) is 10.3. The summed E-state index contributed by atoms with van der Waals surface area (Å²) in [6.45, 7) is 1.44. The first-order valence-corrected chi connectivity index (χ1v) is 7.01. The lowest BCUT2D eigenvalue weighted by Gasteiger charge is -2.09.